The minimum Gasteiger partial charge on any atom is -0.374 e. The summed E-state index contributed by atoms with van der Waals surface area (Å²) < 4.78 is 1.80. The lowest BCUT2D eigenvalue weighted by Crippen LogP contribution is -2.45. The van der Waals surface area contributed by atoms with E-state index in [1.165, 1.54) is 0 Å². The number of aryl methyl sites for hydroxylation is 1. The van der Waals surface area contributed by atoms with Gasteiger partial charge >= 0.3 is 0 Å². The Bertz CT molecular complexity index is 1440. The fourth-order valence-electron chi connectivity index (χ4n) is 4.96. The molecule has 2 unspecified atom stereocenters. The van der Waals surface area contributed by atoms with Gasteiger partial charge in [-0.3, -0.25) is 4.79 Å². The number of halogens is 1. The van der Waals surface area contributed by atoms with Crippen LogP contribution in [0.15, 0.2) is 90.9 Å². The second-order valence-electron chi connectivity index (χ2n) is 8.88. The molecule has 3 aromatic rings. The summed E-state index contributed by atoms with van der Waals surface area (Å²) in [6.45, 7) is 0. The Morgan fingerprint density at radius 1 is 1.17 bits per heavy atom. The molecule has 2 aliphatic rings. The number of amides is 1. The van der Waals surface area contributed by atoms with E-state index in [1.807, 2.05) is 61.7 Å². The molecule has 1 amide bonds. The number of nitrogens with zero attached hydrogens (tertiary/aromatic N) is 3. The van der Waals surface area contributed by atoms with Gasteiger partial charge in [-0.2, -0.15) is 0 Å². The highest BCUT2D eigenvalue weighted by atomic mass is 35.5. The molecule has 1 aliphatic carbocycles. The fraction of sp³-hybridized carbons (Fsp3) is 0.172. The Balaban J connectivity index is 1.69. The number of hydrogen-bond donors (Lipinski definition) is 1. The molecule has 1 aromatic heterocycles. The van der Waals surface area contributed by atoms with Gasteiger partial charge in [0.1, 0.15) is 0 Å². The van der Waals surface area contributed by atoms with Crippen molar-refractivity contribution in [2.24, 2.45) is 13.0 Å². The number of carbonyl (C=O) groups excluding carboxylic acids is 1. The van der Waals surface area contributed by atoms with Crippen molar-refractivity contribution in [3.05, 3.63) is 118 Å². The Hall–Kier alpha value is -3.85. The zero-order chi connectivity index (χ0) is 24.7. The second-order valence-corrected chi connectivity index (χ2v) is 9.31. The van der Waals surface area contributed by atoms with Crippen LogP contribution in [0.2, 0.25) is 5.02 Å². The maximum absolute atomic E-state index is 12.8. The average Bonchev–Trinajstić information content (AvgIpc) is 3.32. The molecule has 2 aromatic carbocycles. The van der Waals surface area contributed by atoms with Crippen LogP contribution in [0.3, 0.4) is 0 Å². The molecular formula is C29H24ClN3O2. The largest absolute Gasteiger partial charge is 0.374 e. The van der Waals surface area contributed by atoms with Crippen molar-refractivity contribution in [1.29, 1.82) is 0 Å². The Morgan fingerprint density at radius 3 is 2.63 bits per heavy atom. The minimum atomic E-state index is -1.48. The maximum atomic E-state index is 12.8. The van der Waals surface area contributed by atoms with Crippen molar-refractivity contribution in [3.63, 3.8) is 0 Å². The van der Waals surface area contributed by atoms with E-state index in [-0.39, 0.29) is 17.9 Å². The van der Waals surface area contributed by atoms with E-state index in [2.05, 4.69) is 10.9 Å². The van der Waals surface area contributed by atoms with Gasteiger partial charge in [0.25, 0.3) is 0 Å². The number of aliphatic hydroxyl groups is 1. The number of aromatic nitrogens is 2. The molecule has 1 aliphatic heterocycles. The molecule has 1 N–H and O–H groups in total. The fourth-order valence-corrected chi connectivity index (χ4v) is 5.08. The highest BCUT2D eigenvalue weighted by Crippen LogP contribution is 2.44. The van der Waals surface area contributed by atoms with Gasteiger partial charge in [-0.15, -0.1) is 6.42 Å². The number of hydrogen-bond acceptors (Lipinski definition) is 3. The Morgan fingerprint density at radius 2 is 1.94 bits per heavy atom. The van der Waals surface area contributed by atoms with Gasteiger partial charge < -0.3 is 14.6 Å². The lowest BCUT2D eigenvalue weighted by molar-refractivity contribution is -0.126. The van der Waals surface area contributed by atoms with E-state index in [0.717, 1.165) is 16.7 Å². The first-order valence-electron chi connectivity index (χ1n) is 11.2. The van der Waals surface area contributed by atoms with Gasteiger partial charge in [-0.05, 0) is 46.5 Å². The molecular weight excluding hydrogens is 458 g/mol. The molecule has 2 heterocycles. The van der Waals surface area contributed by atoms with Crippen LogP contribution in [0.5, 0.6) is 0 Å². The van der Waals surface area contributed by atoms with Crippen molar-refractivity contribution in [2.45, 2.75) is 11.6 Å². The summed E-state index contributed by atoms with van der Waals surface area (Å²) >= 11 is 6.15. The zero-order valence-corrected chi connectivity index (χ0v) is 20.1. The maximum Gasteiger partial charge on any atom is 0.247 e. The lowest BCUT2D eigenvalue weighted by Gasteiger charge is -2.41. The number of imidazole rings is 1. The number of terminal acetylenes is 1. The van der Waals surface area contributed by atoms with Crippen LogP contribution in [-0.4, -0.2) is 38.6 Å². The van der Waals surface area contributed by atoms with Crippen molar-refractivity contribution < 1.29 is 9.90 Å². The van der Waals surface area contributed by atoms with Crippen LogP contribution >= 0.6 is 11.6 Å². The Labute approximate surface area is 209 Å². The topological polar surface area (TPSA) is 58.4 Å². The molecule has 0 spiro atoms. The van der Waals surface area contributed by atoms with E-state index < -0.39 is 5.60 Å². The molecule has 5 rings (SSSR count). The Kier molecular flexibility index (Phi) is 5.72. The summed E-state index contributed by atoms with van der Waals surface area (Å²) in [5, 5.41) is 12.9. The van der Waals surface area contributed by atoms with Gasteiger partial charge in [-0.25, -0.2) is 4.98 Å². The van der Waals surface area contributed by atoms with Gasteiger partial charge in [0.05, 0.1) is 24.3 Å². The van der Waals surface area contributed by atoms with E-state index in [0.29, 0.717) is 21.9 Å². The summed E-state index contributed by atoms with van der Waals surface area (Å²) in [5.74, 6) is 2.41. The minimum absolute atomic E-state index is 0.0755. The lowest BCUT2D eigenvalue weighted by atomic mass is 9.73. The molecule has 0 saturated carbocycles. The molecule has 0 radical (unpaired) electrons. The van der Waals surface area contributed by atoms with Crippen molar-refractivity contribution in [2.75, 3.05) is 7.05 Å². The summed E-state index contributed by atoms with van der Waals surface area (Å²) in [6.07, 6.45) is 16.5. The van der Waals surface area contributed by atoms with Crippen molar-refractivity contribution >= 4 is 23.1 Å². The molecule has 35 heavy (non-hydrogen) atoms. The van der Waals surface area contributed by atoms with E-state index in [4.69, 9.17) is 18.0 Å². The van der Waals surface area contributed by atoms with Crippen molar-refractivity contribution in [1.82, 2.24) is 14.5 Å². The second kappa shape index (κ2) is 8.74. The summed E-state index contributed by atoms with van der Waals surface area (Å²) in [6, 6.07) is 14.6. The van der Waals surface area contributed by atoms with Crippen molar-refractivity contribution in [3.8, 4) is 12.3 Å². The highest BCUT2D eigenvalue weighted by molar-refractivity contribution is 6.30. The zero-order valence-electron chi connectivity index (χ0n) is 19.4. The van der Waals surface area contributed by atoms with Crippen LogP contribution in [-0.2, 0) is 17.4 Å². The van der Waals surface area contributed by atoms with Crippen LogP contribution < -0.4 is 0 Å². The predicted octanol–water partition coefficient (Wildman–Crippen LogP) is 4.33. The number of fused-ring (bicyclic) bond motifs is 1. The quantitative estimate of drug-likeness (QED) is 0.564. The smallest absolute Gasteiger partial charge is 0.247 e. The van der Waals surface area contributed by atoms with Crippen LogP contribution in [0.1, 0.15) is 22.4 Å². The van der Waals surface area contributed by atoms with E-state index in [9.17, 15) is 9.90 Å². The third-order valence-corrected chi connectivity index (χ3v) is 7.11. The number of benzene rings is 2. The molecule has 0 fully saturated rings. The third kappa shape index (κ3) is 3.81. The SMILES string of the molecule is C#Cc1cccc(C2=CC(=O)N(C)C3C=CC([C@](O)(c4ccc(Cl)cc4)c4cncn4C)=CC23)c1. The van der Waals surface area contributed by atoms with Crippen LogP contribution in [0, 0.1) is 18.3 Å². The standard InChI is InChI=1S/C29H24ClN3O2/c1-4-19-6-5-7-20(14-19)24-16-28(34)33(3)26-13-10-22(15-25(24)26)29(35,27-17-31-18-32(27)2)21-8-11-23(30)12-9-21/h1,5-18,25-26,35H,2-3H3/t25?,26?,29-/m1/s1. The number of carbonyl (C=O) groups is 1. The van der Waals surface area contributed by atoms with Gasteiger partial charge in [0, 0.05) is 36.7 Å². The molecule has 0 bridgehead atoms. The molecule has 5 nitrogen and oxygen atoms in total. The first kappa shape index (κ1) is 22.9. The van der Waals surface area contributed by atoms with Crippen LogP contribution in [0.25, 0.3) is 5.57 Å². The number of likely N-dealkylation sites (N-methyl/N-ethyl adjacent to an activating group) is 1. The van der Waals surface area contributed by atoms with E-state index >= 15 is 0 Å². The summed E-state index contributed by atoms with van der Waals surface area (Å²) in [5.41, 5.74) is 2.98. The summed E-state index contributed by atoms with van der Waals surface area (Å²) in [4.78, 5) is 18.8. The molecule has 3 atom stereocenters. The average molecular weight is 482 g/mol. The summed E-state index contributed by atoms with van der Waals surface area (Å²) in [7, 11) is 3.64. The van der Waals surface area contributed by atoms with Crippen LogP contribution in [0.4, 0.5) is 0 Å². The van der Waals surface area contributed by atoms with Gasteiger partial charge in [-0.1, -0.05) is 60.0 Å². The third-order valence-electron chi connectivity index (χ3n) is 6.86. The van der Waals surface area contributed by atoms with Gasteiger partial charge in [0.15, 0.2) is 5.60 Å². The predicted molar refractivity (Wildman–Crippen MR) is 137 cm³/mol. The first-order valence-corrected chi connectivity index (χ1v) is 11.6. The monoisotopic (exact) mass is 481 g/mol. The first-order chi connectivity index (χ1) is 16.8. The van der Waals surface area contributed by atoms with E-state index in [1.54, 1.807) is 47.2 Å². The number of rotatable bonds is 4. The normalized spacial score (nSPS) is 21.0. The molecule has 174 valence electrons. The van der Waals surface area contributed by atoms with Gasteiger partial charge in [0.2, 0.25) is 5.91 Å². The molecule has 0 saturated heterocycles. The highest BCUT2D eigenvalue weighted by Gasteiger charge is 2.42. The molecule has 6 heteroatoms.